The predicted molar refractivity (Wildman–Crippen MR) is 55.4 cm³/mol. The molecule has 0 aromatic carbocycles. The second-order valence-electron chi connectivity index (χ2n) is 3.14. The fourth-order valence-corrected chi connectivity index (χ4v) is 1.05. The third-order valence-corrected chi connectivity index (χ3v) is 1.73. The molecule has 5 heteroatoms. The van der Waals surface area contributed by atoms with Crippen molar-refractivity contribution in [3.05, 3.63) is 23.9 Å². The summed E-state index contributed by atoms with van der Waals surface area (Å²) in [7, 11) is 1.55. The summed E-state index contributed by atoms with van der Waals surface area (Å²) in [6.07, 6.45) is 1.11. The summed E-state index contributed by atoms with van der Waals surface area (Å²) >= 11 is 0. The number of carbonyl (C=O) groups excluding carboxylic acids is 1. The van der Waals surface area contributed by atoms with Gasteiger partial charge in [-0.1, -0.05) is 0 Å². The average molecular weight is 210 g/mol. The highest BCUT2D eigenvalue weighted by molar-refractivity contribution is 5.89. The molecule has 0 bridgehead atoms. The van der Waals surface area contributed by atoms with Crippen LogP contribution in [0.4, 0.5) is 5.82 Å². The van der Waals surface area contributed by atoms with Gasteiger partial charge in [-0.15, -0.1) is 0 Å². The standard InChI is InChI=1S/C10H14N2O3/c1-7(6-14-2)15-10(13)8-3-4-9(11)12-5-8/h3-5,7H,6H2,1-2H3,(H2,11,12). The van der Waals surface area contributed by atoms with Gasteiger partial charge in [0.15, 0.2) is 0 Å². The zero-order valence-electron chi connectivity index (χ0n) is 8.77. The predicted octanol–water partition coefficient (Wildman–Crippen LogP) is 0.855. The third-order valence-electron chi connectivity index (χ3n) is 1.73. The van der Waals surface area contributed by atoms with E-state index in [0.717, 1.165) is 0 Å². The minimum absolute atomic E-state index is 0.278. The van der Waals surface area contributed by atoms with E-state index in [1.165, 1.54) is 6.20 Å². The lowest BCUT2D eigenvalue weighted by Crippen LogP contribution is -2.19. The molecule has 0 aliphatic rings. The van der Waals surface area contributed by atoms with Crippen LogP contribution in [0.5, 0.6) is 0 Å². The van der Waals surface area contributed by atoms with E-state index in [1.54, 1.807) is 26.2 Å². The normalized spacial score (nSPS) is 12.1. The molecule has 0 amide bonds. The summed E-state index contributed by atoms with van der Waals surface area (Å²) in [5.41, 5.74) is 5.77. The second kappa shape index (κ2) is 5.31. The molecule has 0 spiro atoms. The molecule has 15 heavy (non-hydrogen) atoms. The molecule has 0 saturated heterocycles. The topological polar surface area (TPSA) is 74.4 Å². The van der Waals surface area contributed by atoms with Gasteiger partial charge in [0.2, 0.25) is 0 Å². The first-order valence-corrected chi connectivity index (χ1v) is 4.55. The summed E-state index contributed by atoms with van der Waals surface area (Å²) in [6, 6.07) is 3.13. The van der Waals surface area contributed by atoms with E-state index in [2.05, 4.69) is 4.98 Å². The summed E-state index contributed by atoms with van der Waals surface area (Å²) in [5.74, 6) is -0.0523. The number of esters is 1. The van der Waals surface area contributed by atoms with Crippen LogP contribution in [0.2, 0.25) is 0 Å². The van der Waals surface area contributed by atoms with Gasteiger partial charge >= 0.3 is 5.97 Å². The molecular formula is C10H14N2O3. The Morgan fingerprint density at radius 3 is 2.87 bits per heavy atom. The molecule has 2 N–H and O–H groups in total. The maximum Gasteiger partial charge on any atom is 0.340 e. The Morgan fingerprint density at radius 2 is 2.33 bits per heavy atom. The minimum Gasteiger partial charge on any atom is -0.457 e. The molecule has 1 heterocycles. The van der Waals surface area contributed by atoms with Crippen molar-refractivity contribution >= 4 is 11.8 Å². The minimum atomic E-state index is -0.424. The molecule has 82 valence electrons. The lowest BCUT2D eigenvalue weighted by molar-refractivity contribution is 0.0120. The Bertz CT molecular complexity index is 324. The first-order valence-electron chi connectivity index (χ1n) is 4.55. The van der Waals surface area contributed by atoms with Crippen molar-refractivity contribution in [2.24, 2.45) is 0 Å². The first-order chi connectivity index (χ1) is 7.13. The van der Waals surface area contributed by atoms with E-state index < -0.39 is 5.97 Å². The summed E-state index contributed by atoms with van der Waals surface area (Å²) < 4.78 is 9.92. The van der Waals surface area contributed by atoms with Gasteiger partial charge in [0.25, 0.3) is 0 Å². The summed E-state index contributed by atoms with van der Waals surface area (Å²) in [5, 5.41) is 0. The zero-order chi connectivity index (χ0) is 11.3. The van der Waals surface area contributed by atoms with Crippen LogP contribution in [0, 0.1) is 0 Å². The molecule has 1 unspecified atom stereocenters. The molecule has 0 radical (unpaired) electrons. The van der Waals surface area contributed by atoms with E-state index in [9.17, 15) is 4.79 Å². The highest BCUT2D eigenvalue weighted by Gasteiger charge is 2.11. The van der Waals surface area contributed by atoms with Crippen molar-refractivity contribution < 1.29 is 14.3 Å². The number of nitrogen functional groups attached to an aromatic ring is 1. The Labute approximate surface area is 88.2 Å². The number of carbonyl (C=O) groups is 1. The van der Waals surface area contributed by atoms with Crippen molar-refractivity contribution in [2.75, 3.05) is 19.5 Å². The van der Waals surface area contributed by atoms with Crippen LogP contribution in [0.25, 0.3) is 0 Å². The van der Waals surface area contributed by atoms with Crippen LogP contribution < -0.4 is 5.73 Å². The van der Waals surface area contributed by atoms with Crippen LogP contribution in [-0.2, 0) is 9.47 Å². The zero-order valence-corrected chi connectivity index (χ0v) is 8.77. The maximum atomic E-state index is 11.5. The largest absolute Gasteiger partial charge is 0.457 e. The lowest BCUT2D eigenvalue weighted by Gasteiger charge is -2.11. The van der Waals surface area contributed by atoms with Crippen molar-refractivity contribution in [3.63, 3.8) is 0 Å². The molecule has 0 fully saturated rings. The Hall–Kier alpha value is -1.62. The molecule has 1 aromatic rings. The van der Waals surface area contributed by atoms with Gasteiger partial charge in [-0.25, -0.2) is 9.78 Å². The number of anilines is 1. The van der Waals surface area contributed by atoms with E-state index >= 15 is 0 Å². The number of hydrogen-bond acceptors (Lipinski definition) is 5. The van der Waals surface area contributed by atoms with Crippen molar-refractivity contribution in [1.82, 2.24) is 4.98 Å². The number of nitrogens with zero attached hydrogens (tertiary/aromatic N) is 1. The fourth-order valence-electron chi connectivity index (χ4n) is 1.05. The Morgan fingerprint density at radius 1 is 1.60 bits per heavy atom. The molecular weight excluding hydrogens is 196 g/mol. The first kappa shape index (κ1) is 11.5. The monoisotopic (exact) mass is 210 g/mol. The van der Waals surface area contributed by atoms with Crippen LogP contribution in [0.1, 0.15) is 17.3 Å². The van der Waals surface area contributed by atoms with E-state index in [4.69, 9.17) is 15.2 Å². The van der Waals surface area contributed by atoms with Crippen molar-refractivity contribution in [2.45, 2.75) is 13.0 Å². The summed E-state index contributed by atoms with van der Waals surface area (Å²) in [4.78, 5) is 15.3. The quantitative estimate of drug-likeness (QED) is 0.746. The summed E-state index contributed by atoms with van der Waals surface area (Å²) in [6.45, 7) is 2.13. The van der Waals surface area contributed by atoms with Gasteiger partial charge in [-0.3, -0.25) is 0 Å². The van der Waals surface area contributed by atoms with Crippen molar-refractivity contribution in [1.29, 1.82) is 0 Å². The number of hydrogen-bond donors (Lipinski definition) is 1. The van der Waals surface area contributed by atoms with Gasteiger partial charge in [0.1, 0.15) is 11.9 Å². The van der Waals surface area contributed by atoms with Gasteiger partial charge < -0.3 is 15.2 Å². The number of aromatic nitrogens is 1. The fraction of sp³-hybridized carbons (Fsp3) is 0.400. The van der Waals surface area contributed by atoms with Crippen LogP contribution in [0.3, 0.4) is 0 Å². The lowest BCUT2D eigenvalue weighted by atomic mass is 10.3. The number of rotatable bonds is 4. The Kier molecular flexibility index (Phi) is 4.05. The smallest absolute Gasteiger partial charge is 0.340 e. The molecule has 0 aliphatic carbocycles. The average Bonchev–Trinajstić information content (AvgIpc) is 2.18. The Balaban J connectivity index is 2.57. The van der Waals surface area contributed by atoms with Crippen LogP contribution in [-0.4, -0.2) is 30.8 Å². The molecule has 0 aliphatic heterocycles. The van der Waals surface area contributed by atoms with Crippen LogP contribution >= 0.6 is 0 Å². The maximum absolute atomic E-state index is 11.5. The molecule has 0 saturated carbocycles. The third kappa shape index (κ3) is 3.55. The van der Waals surface area contributed by atoms with E-state index in [-0.39, 0.29) is 6.10 Å². The second-order valence-corrected chi connectivity index (χ2v) is 3.14. The van der Waals surface area contributed by atoms with Gasteiger partial charge in [0.05, 0.1) is 12.2 Å². The van der Waals surface area contributed by atoms with Gasteiger partial charge in [-0.2, -0.15) is 0 Å². The van der Waals surface area contributed by atoms with E-state index in [1.807, 2.05) is 0 Å². The van der Waals surface area contributed by atoms with Crippen molar-refractivity contribution in [3.8, 4) is 0 Å². The van der Waals surface area contributed by atoms with Gasteiger partial charge in [0, 0.05) is 13.3 Å². The number of methoxy groups -OCH3 is 1. The molecule has 1 atom stereocenters. The van der Waals surface area contributed by atoms with Gasteiger partial charge in [-0.05, 0) is 19.1 Å². The number of ether oxygens (including phenoxy) is 2. The SMILES string of the molecule is COCC(C)OC(=O)c1ccc(N)nc1. The molecule has 1 rings (SSSR count). The number of nitrogens with two attached hydrogens (primary N) is 1. The van der Waals surface area contributed by atoms with Crippen LogP contribution in [0.15, 0.2) is 18.3 Å². The highest BCUT2D eigenvalue weighted by Crippen LogP contribution is 2.05. The molecule has 1 aromatic heterocycles. The van der Waals surface area contributed by atoms with E-state index in [0.29, 0.717) is 18.0 Å². The molecule has 5 nitrogen and oxygen atoms in total. The highest BCUT2D eigenvalue weighted by atomic mass is 16.6. The number of pyridine rings is 1.